The molecule has 8 heteroatoms. The van der Waals surface area contributed by atoms with E-state index >= 15 is 0 Å². The predicted octanol–water partition coefficient (Wildman–Crippen LogP) is 6.30. The number of thiazole rings is 1. The third-order valence-corrected chi connectivity index (χ3v) is 8.48. The third-order valence-electron chi connectivity index (χ3n) is 7.46. The zero-order valence-corrected chi connectivity index (χ0v) is 20.7. The molecule has 180 valence electrons. The van der Waals surface area contributed by atoms with Crippen molar-refractivity contribution in [3.63, 3.8) is 0 Å². The second kappa shape index (κ2) is 9.02. The maximum Gasteiger partial charge on any atom is 0.223 e. The molecule has 2 aromatic heterocycles. The minimum atomic E-state index is -1.11. The van der Waals surface area contributed by atoms with Crippen molar-refractivity contribution in [2.75, 3.05) is 11.9 Å². The predicted molar refractivity (Wildman–Crippen MR) is 140 cm³/mol. The van der Waals surface area contributed by atoms with Crippen molar-refractivity contribution >= 4 is 23.1 Å². The zero-order valence-electron chi connectivity index (χ0n) is 19.9. The topological polar surface area (TPSA) is 104 Å². The number of hydrogen-bond acceptors (Lipinski definition) is 8. The number of ketones is 1. The number of aryl methyl sites for hydroxylation is 1. The number of hydrogen-bond donors (Lipinski definition) is 2. The standard InChI is InChI=1S/C28H26N6OS/c1-17-32-24(25(36-17)19-10-6-3-7-11-19)26(35)28(34-29)15-20-14-21(20)22(28)16-31-27-30-13-12-23(33-27)18-8-4-2-5-9-18/h2-13,20-22,29H,14-16H2,1H3,(H,30,31,33). The Balaban J connectivity index is 1.28. The van der Waals surface area contributed by atoms with Gasteiger partial charge < -0.3 is 5.32 Å². The molecule has 4 aromatic rings. The van der Waals surface area contributed by atoms with Crippen LogP contribution in [0.5, 0.6) is 0 Å². The normalized spacial score (nSPS) is 24.2. The highest BCUT2D eigenvalue weighted by molar-refractivity contribution is 7.15. The molecule has 0 amide bonds. The van der Waals surface area contributed by atoms with Crippen LogP contribution in [-0.4, -0.2) is 32.8 Å². The molecule has 36 heavy (non-hydrogen) atoms. The second-order valence-electron chi connectivity index (χ2n) is 9.62. The highest BCUT2D eigenvalue weighted by Gasteiger charge is 2.65. The minimum absolute atomic E-state index is 0.109. The van der Waals surface area contributed by atoms with Crippen LogP contribution < -0.4 is 5.32 Å². The number of nitrogens with one attached hydrogen (secondary N) is 2. The number of benzene rings is 2. The molecule has 2 saturated carbocycles. The lowest BCUT2D eigenvalue weighted by Gasteiger charge is -2.31. The fourth-order valence-corrected chi connectivity index (χ4v) is 6.57. The number of aromatic nitrogens is 3. The monoisotopic (exact) mass is 494 g/mol. The molecule has 0 spiro atoms. The van der Waals surface area contributed by atoms with Crippen molar-refractivity contribution in [3.05, 3.63) is 83.6 Å². The van der Waals surface area contributed by atoms with E-state index in [4.69, 9.17) is 5.53 Å². The highest BCUT2D eigenvalue weighted by Crippen LogP contribution is 2.62. The van der Waals surface area contributed by atoms with Crippen LogP contribution in [0.15, 0.2) is 78.0 Å². The van der Waals surface area contributed by atoms with E-state index in [0.717, 1.165) is 33.1 Å². The maximum absolute atomic E-state index is 14.1. The number of carbonyl (C=O) groups is 1. The van der Waals surface area contributed by atoms with Crippen molar-refractivity contribution in [1.29, 1.82) is 5.53 Å². The molecule has 0 radical (unpaired) electrons. The van der Waals surface area contributed by atoms with Crippen molar-refractivity contribution in [1.82, 2.24) is 15.0 Å². The van der Waals surface area contributed by atoms with E-state index in [9.17, 15) is 4.79 Å². The van der Waals surface area contributed by atoms with E-state index in [1.165, 1.54) is 11.3 Å². The second-order valence-corrected chi connectivity index (χ2v) is 10.8. The molecule has 6 rings (SSSR count). The number of nitrogens with zero attached hydrogens (tertiary/aromatic N) is 4. The number of fused-ring (bicyclic) bond motifs is 1. The molecular weight excluding hydrogens is 468 g/mol. The summed E-state index contributed by atoms with van der Waals surface area (Å²) in [6.45, 7) is 2.40. The molecule has 4 unspecified atom stereocenters. The molecule has 2 aliphatic rings. The number of rotatable bonds is 8. The summed E-state index contributed by atoms with van der Waals surface area (Å²) in [6.07, 6.45) is 3.41. The molecule has 2 heterocycles. The molecule has 4 atom stereocenters. The Labute approximate surface area is 213 Å². The first-order chi connectivity index (χ1) is 17.6. The van der Waals surface area contributed by atoms with Crippen LogP contribution >= 0.6 is 11.3 Å². The molecule has 0 aliphatic heterocycles. The van der Waals surface area contributed by atoms with Crippen LogP contribution in [-0.2, 0) is 0 Å². The summed E-state index contributed by atoms with van der Waals surface area (Å²) in [7, 11) is 0. The quantitative estimate of drug-likeness (QED) is 0.221. The summed E-state index contributed by atoms with van der Waals surface area (Å²) in [5.41, 5.74) is 10.4. The van der Waals surface area contributed by atoms with Crippen LogP contribution in [0.25, 0.3) is 21.7 Å². The van der Waals surface area contributed by atoms with Crippen LogP contribution in [0, 0.1) is 30.2 Å². The maximum atomic E-state index is 14.1. The van der Waals surface area contributed by atoms with Crippen LogP contribution in [0.1, 0.15) is 28.3 Å². The van der Waals surface area contributed by atoms with E-state index in [-0.39, 0.29) is 11.7 Å². The highest BCUT2D eigenvalue weighted by atomic mass is 32.1. The number of carbonyl (C=O) groups excluding carboxylic acids is 1. The van der Waals surface area contributed by atoms with Crippen molar-refractivity contribution < 1.29 is 4.79 Å². The Kier molecular flexibility index (Phi) is 5.68. The van der Waals surface area contributed by atoms with Crippen LogP contribution in [0.2, 0.25) is 0 Å². The molecular formula is C28H26N6OS. The molecule has 2 fully saturated rings. The van der Waals surface area contributed by atoms with E-state index in [1.54, 1.807) is 6.20 Å². The molecule has 2 aromatic carbocycles. The van der Waals surface area contributed by atoms with E-state index < -0.39 is 5.54 Å². The first kappa shape index (κ1) is 22.7. The summed E-state index contributed by atoms with van der Waals surface area (Å²) >= 11 is 1.52. The first-order valence-electron chi connectivity index (χ1n) is 12.2. The van der Waals surface area contributed by atoms with Gasteiger partial charge in [0, 0.05) is 24.2 Å². The van der Waals surface area contributed by atoms with E-state index in [0.29, 0.717) is 36.4 Å². The molecule has 0 bridgehead atoms. The van der Waals surface area contributed by atoms with Gasteiger partial charge in [0.2, 0.25) is 11.7 Å². The van der Waals surface area contributed by atoms with Gasteiger partial charge in [0.15, 0.2) is 5.54 Å². The van der Waals surface area contributed by atoms with E-state index in [1.807, 2.05) is 73.7 Å². The third kappa shape index (κ3) is 3.91. The Bertz CT molecular complexity index is 1420. The molecule has 2 aliphatic carbocycles. The Morgan fingerprint density at radius 3 is 2.53 bits per heavy atom. The van der Waals surface area contributed by atoms with Gasteiger partial charge in [-0.2, -0.15) is 5.11 Å². The lowest BCUT2D eigenvalue weighted by molar-refractivity contribution is 0.0821. The average molecular weight is 495 g/mol. The SMILES string of the molecule is Cc1nc(C(=O)C2(N=N)CC3CC3C2CNc2nccc(-c3ccccc3)n2)c(-c2ccccc2)s1. The Hall–Kier alpha value is -3.78. The largest absolute Gasteiger partial charge is 0.354 e. The van der Waals surface area contributed by atoms with Gasteiger partial charge in [0.1, 0.15) is 5.69 Å². The molecule has 0 saturated heterocycles. The summed E-state index contributed by atoms with van der Waals surface area (Å²) in [6, 6.07) is 21.7. The van der Waals surface area contributed by atoms with Gasteiger partial charge in [0.25, 0.3) is 0 Å². The number of anilines is 1. The van der Waals surface area contributed by atoms with Gasteiger partial charge >= 0.3 is 0 Å². The van der Waals surface area contributed by atoms with Crippen molar-refractivity contribution in [3.8, 4) is 21.7 Å². The van der Waals surface area contributed by atoms with Gasteiger partial charge in [-0.3, -0.25) is 4.79 Å². The number of Topliss-reactive ketones (excluding diaryl/α,β-unsaturated/α-hetero) is 1. The zero-order chi connectivity index (χ0) is 24.7. The Morgan fingerprint density at radius 1 is 1.08 bits per heavy atom. The van der Waals surface area contributed by atoms with Crippen LogP contribution in [0.4, 0.5) is 5.95 Å². The molecule has 2 N–H and O–H groups in total. The van der Waals surface area contributed by atoms with Gasteiger partial charge in [0.05, 0.1) is 15.6 Å². The van der Waals surface area contributed by atoms with Crippen molar-refractivity contribution in [2.24, 2.45) is 22.9 Å². The fourth-order valence-electron chi connectivity index (χ4n) is 5.65. The van der Waals surface area contributed by atoms with Gasteiger partial charge in [-0.15, -0.1) is 11.3 Å². The lowest BCUT2D eigenvalue weighted by Crippen LogP contribution is -2.45. The van der Waals surface area contributed by atoms with Crippen molar-refractivity contribution in [2.45, 2.75) is 25.3 Å². The lowest BCUT2D eigenvalue weighted by atomic mass is 9.78. The average Bonchev–Trinajstić information content (AvgIpc) is 3.45. The smallest absolute Gasteiger partial charge is 0.223 e. The Morgan fingerprint density at radius 2 is 1.81 bits per heavy atom. The first-order valence-corrected chi connectivity index (χ1v) is 13.0. The summed E-state index contributed by atoms with van der Waals surface area (Å²) in [5.74, 6) is 1.06. The fraction of sp³-hybridized carbons (Fsp3) is 0.286. The van der Waals surface area contributed by atoms with Gasteiger partial charge in [-0.1, -0.05) is 60.7 Å². The van der Waals surface area contributed by atoms with Gasteiger partial charge in [-0.25, -0.2) is 20.5 Å². The molecule has 7 nitrogen and oxygen atoms in total. The summed E-state index contributed by atoms with van der Waals surface area (Å²) in [4.78, 5) is 28.7. The summed E-state index contributed by atoms with van der Waals surface area (Å²) < 4.78 is 0. The van der Waals surface area contributed by atoms with E-state index in [2.05, 4.69) is 25.4 Å². The minimum Gasteiger partial charge on any atom is -0.354 e. The summed E-state index contributed by atoms with van der Waals surface area (Å²) in [5, 5.41) is 8.26. The van der Waals surface area contributed by atoms with Crippen LogP contribution in [0.3, 0.4) is 0 Å². The van der Waals surface area contributed by atoms with Gasteiger partial charge in [-0.05, 0) is 43.2 Å².